The van der Waals surface area contributed by atoms with Crippen LogP contribution in [0.15, 0.2) is 30.5 Å². The van der Waals surface area contributed by atoms with Crippen molar-refractivity contribution >= 4 is 34.8 Å². The molecule has 0 unspecified atom stereocenters. The highest BCUT2D eigenvalue weighted by Gasteiger charge is 2.13. The normalized spacial score (nSPS) is 10.3. The molecule has 3 nitrogen and oxygen atoms in total. The number of amides is 1. The summed E-state index contributed by atoms with van der Waals surface area (Å²) < 4.78 is 13.1. The molecule has 1 amide bonds. The predicted octanol–water partition coefficient (Wildman–Crippen LogP) is 4.09. The number of aryl methyl sites for hydroxylation is 1. The van der Waals surface area contributed by atoms with Gasteiger partial charge in [0.05, 0.1) is 10.0 Å². The number of anilines is 1. The fourth-order valence-electron chi connectivity index (χ4n) is 1.49. The first-order chi connectivity index (χ1) is 8.97. The molecular weight excluding hydrogens is 290 g/mol. The minimum atomic E-state index is -0.479. The van der Waals surface area contributed by atoms with E-state index in [0.717, 1.165) is 0 Å². The van der Waals surface area contributed by atoms with Crippen LogP contribution in [0.3, 0.4) is 0 Å². The molecule has 0 aliphatic heterocycles. The molecule has 1 heterocycles. The number of nitrogens with one attached hydrogen (secondary N) is 1. The van der Waals surface area contributed by atoms with Gasteiger partial charge in [-0.3, -0.25) is 4.79 Å². The van der Waals surface area contributed by atoms with Crippen LogP contribution in [-0.2, 0) is 0 Å². The number of hydrogen-bond acceptors (Lipinski definition) is 2. The molecule has 0 spiro atoms. The highest BCUT2D eigenvalue weighted by molar-refractivity contribution is 6.36. The van der Waals surface area contributed by atoms with Crippen LogP contribution < -0.4 is 5.32 Å². The monoisotopic (exact) mass is 298 g/mol. The number of halogens is 3. The van der Waals surface area contributed by atoms with Crippen molar-refractivity contribution in [1.29, 1.82) is 0 Å². The molecule has 1 aromatic heterocycles. The number of nitrogens with zero attached hydrogens (tertiary/aromatic N) is 1. The summed E-state index contributed by atoms with van der Waals surface area (Å²) in [6.45, 7) is 1.61. The number of rotatable bonds is 2. The molecule has 1 N–H and O–H groups in total. The predicted molar refractivity (Wildman–Crippen MR) is 73.3 cm³/mol. The molecule has 0 saturated heterocycles. The van der Waals surface area contributed by atoms with Crippen molar-refractivity contribution in [2.45, 2.75) is 6.92 Å². The van der Waals surface area contributed by atoms with E-state index in [9.17, 15) is 9.18 Å². The number of aromatic nitrogens is 1. The lowest BCUT2D eigenvalue weighted by molar-refractivity contribution is 0.102. The molecule has 0 radical (unpaired) electrons. The van der Waals surface area contributed by atoms with Crippen LogP contribution in [0.1, 0.15) is 16.1 Å². The minimum Gasteiger partial charge on any atom is -0.321 e. The van der Waals surface area contributed by atoms with Gasteiger partial charge in [-0.25, -0.2) is 9.37 Å². The molecular formula is C13H9Cl2FN2O. The Morgan fingerprint density at radius 1 is 1.32 bits per heavy atom. The highest BCUT2D eigenvalue weighted by atomic mass is 35.5. The first kappa shape index (κ1) is 13.8. The van der Waals surface area contributed by atoms with E-state index in [1.54, 1.807) is 6.92 Å². The second kappa shape index (κ2) is 5.55. The van der Waals surface area contributed by atoms with E-state index >= 15 is 0 Å². The molecule has 2 aromatic rings. The zero-order valence-electron chi connectivity index (χ0n) is 9.88. The van der Waals surface area contributed by atoms with Crippen molar-refractivity contribution in [3.63, 3.8) is 0 Å². The van der Waals surface area contributed by atoms with Gasteiger partial charge in [-0.15, -0.1) is 0 Å². The quantitative estimate of drug-likeness (QED) is 0.907. The first-order valence-electron chi connectivity index (χ1n) is 5.36. The van der Waals surface area contributed by atoms with Gasteiger partial charge in [-0.05, 0) is 36.8 Å². The number of pyridine rings is 1. The van der Waals surface area contributed by atoms with Gasteiger partial charge in [0.25, 0.3) is 5.91 Å². The third-order valence-electron chi connectivity index (χ3n) is 2.44. The topological polar surface area (TPSA) is 42.0 Å². The van der Waals surface area contributed by atoms with Gasteiger partial charge in [0.1, 0.15) is 11.5 Å². The summed E-state index contributed by atoms with van der Waals surface area (Å²) in [5.41, 5.74) is 0.970. The Morgan fingerprint density at radius 2 is 2.05 bits per heavy atom. The van der Waals surface area contributed by atoms with E-state index in [1.807, 2.05) is 0 Å². The summed E-state index contributed by atoms with van der Waals surface area (Å²) in [5.74, 6) is -0.812. The average Bonchev–Trinajstić information content (AvgIpc) is 2.33. The Balaban J connectivity index is 2.23. The SMILES string of the molecule is Cc1cc(NC(=O)c2ncc(Cl)cc2Cl)ccc1F. The maximum atomic E-state index is 13.1. The van der Waals surface area contributed by atoms with Crippen molar-refractivity contribution in [2.75, 3.05) is 5.32 Å². The molecule has 0 saturated carbocycles. The second-order valence-electron chi connectivity index (χ2n) is 3.90. The number of hydrogen-bond donors (Lipinski definition) is 1. The molecule has 2 rings (SSSR count). The van der Waals surface area contributed by atoms with Gasteiger partial charge < -0.3 is 5.32 Å². The summed E-state index contributed by atoms with van der Waals surface area (Å²) in [6.07, 6.45) is 1.33. The molecule has 6 heteroatoms. The van der Waals surface area contributed by atoms with Gasteiger partial charge >= 0.3 is 0 Å². The zero-order chi connectivity index (χ0) is 14.0. The summed E-state index contributed by atoms with van der Waals surface area (Å²) in [5, 5.41) is 3.09. The van der Waals surface area contributed by atoms with Crippen molar-refractivity contribution in [3.05, 3.63) is 57.6 Å². The van der Waals surface area contributed by atoms with E-state index in [0.29, 0.717) is 16.3 Å². The van der Waals surface area contributed by atoms with Crippen LogP contribution in [-0.4, -0.2) is 10.9 Å². The molecule has 98 valence electrons. The lowest BCUT2D eigenvalue weighted by Crippen LogP contribution is -2.14. The van der Waals surface area contributed by atoms with Gasteiger partial charge in [0.15, 0.2) is 0 Å². The van der Waals surface area contributed by atoms with Crippen molar-refractivity contribution < 1.29 is 9.18 Å². The molecule has 0 atom stereocenters. The molecule has 0 aliphatic rings. The average molecular weight is 299 g/mol. The van der Waals surface area contributed by atoms with Crippen LogP contribution in [0.25, 0.3) is 0 Å². The smallest absolute Gasteiger partial charge is 0.275 e. The lowest BCUT2D eigenvalue weighted by atomic mass is 10.2. The molecule has 19 heavy (non-hydrogen) atoms. The Morgan fingerprint density at radius 3 is 2.68 bits per heavy atom. The Hall–Kier alpha value is -1.65. The molecule has 1 aromatic carbocycles. The molecule has 0 bridgehead atoms. The van der Waals surface area contributed by atoms with Crippen LogP contribution in [0.5, 0.6) is 0 Å². The fourth-order valence-corrected chi connectivity index (χ4v) is 1.96. The standard InChI is InChI=1S/C13H9Cl2FN2O/c1-7-4-9(2-3-11(7)16)18-13(19)12-10(15)5-8(14)6-17-12/h2-6H,1H3,(H,18,19). The lowest BCUT2D eigenvalue weighted by Gasteiger charge is -2.07. The van der Waals surface area contributed by atoms with Crippen LogP contribution >= 0.6 is 23.2 Å². The summed E-state index contributed by atoms with van der Waals surface area (Å²) >= 11 is 11.6. The number of carbonyl (C=O) groups is 1. The summed E-state index contributed by atoms with van der Waals surface area (Å²) in [4.78, 5) is 15.8. The van der Waals surface area contributed by atoms with Crippen molar-refractivity contribution in [1.82, 2.24) is 4.98 Å². The van der Waals surface area contributed by atoms with E-state index in [1.165, 1.54) is 30.5 Å². The number of benzene rings is 1. The highest BCUT2D eigenvalue weighted by Crippen LogP contribution is 2.20. The van der Waals surface area contributed by atoms with Crippen molar-refractivity contribution in [3.8, 4) is 0 Å². The van der Waals surface area contributed by atoms with Crippen molar-refractivity contribution in [2.24, 2.45) is 0 Å². The van der Waals surface area contributed by atoms with E-state index in [4.69, 9.17) is 23.2 Å². The van der Waals surface area contributed by atoms with E-state index in [-0.39, 0.29) is 16.5 Å². The number of carbonyl (C=O) groups excluding carboxylic acids is 1. The Kier molecular flexibility index (Phi) is 4.02. The van der Waals surface area contributed by atoms with Gasteiger partial charge in [-0.1, -0.05) is 23.2 Å². The largest absolute Gasteiger partial charge is 0.321 e. The van der Waals surface area contributed by atoms with Crippen LogP contribution in [0, 0.1) is 12.7 Å². The van der Waals surface area contributed by atoms with E-state index < -0.39 is 5.91 Å². The molecule has 0 aliphatic carbocycles. The first-order valence-corrected chi connectivity index (χ1v) is 6.11. The second-order valence-corrected chi connectivity index (χ2v) is 4.75. The summed E-state index contributed by atoms with van der Waals surface area (Å²) in [6, 6.07) is 5.70. The van der Waals surface area contributed by atoms with Gasteiger partial charge in [0.2, 0.25) is 0 Å². The van der Waals surface area contributed by atoms with Gasteiger partial charge in [-0.2, -0.15) is 0 Å². The fraction of sp³-hybridized carbons (Fsp3) is 0.0769. The zero-order valence-corrected chi connectivity index (χ0v) is 11.4. The maximum Gasteiger partial charge on any atom is 0.275 e. The minimum absolute atomic E-state index is 0.0630. The maximum absolute atomic E-state index is 13.1. The Bertz CT molecular complexity index is 647. The van der Waals surface area contributed by atoms with E-state index in [2.05, 4.69) is 10.3 Å². The van der Waals surface area contributed by atoms with Crippen LogP contribution in [0.2, 0.25) is 10.0 Å². The Labute approximate surface area is 119 Å². The summed E-state index contributed by atoms with van der Waals surface area (Å²) in [7, 11) is 0. The van der Waals surface area contributed by atoms with Crippen LogP contribution in [0.4, 0.5) is 10.1 Å². The third kappa shape index (κ3) is 3.22. The van der Waals surface area contributed by atoms with Gasteiger partial charge in [0, 0.05) is 11.9 Å². The third-order valence-corrected chi connectivity index (χ3v) is 2.93. The molecule has 0 fully saturated rings.